The summed E-state index contributed by atoms with van der Waals surface area (Å²) in [5.74, 6) is 0. The van der Waals surface area contributed by atoms with E-state index in [2.05, 4.69) is 38.3 Å². The van der Waals surface area contributed by atoms with E-state index in [0.29, 0.717) is 12.1 Å². The van der Waals surface area contributed by atoms with Gasteiger partial charge in [-0.2, -0.15) is 0 Å². The van der Waals surface area contributed by atoms with Crippen LogP contribution < -0.4 is 10.6 Å². The molecule has 0 aliphatic carbocycles. The van der Waals surface area contributed by atoms with Gasteiger partial charge in [0.15, 0.2) is 0 Å². The van der Waals surface area contributed by atoms with Gasteiger partial charge in [0.2, 0.25) is 0 Å². The van der Waals surface area contributed by atoms with Gasteiger partial charge in [0.25, 0.3) is 0 Å². The lowest BCUT2D eigenvalue weighted by molar-refractivity contribution is 0.462. The molecule has 2 unspecified atom stereocenters. The van der Waals surface area contributed by atoms with E-state index in [1.165, 1.54) is 25.7 Å². The summed E-state index contributed by atoms with van der Waals surface area (Å²) in [7, 11) is 0. The molecule has 102 valence electrons. The number of hydrogen-bond acceptors (Lipinski definition) is 2. The lowest BCUT2D eigenvalue weighted by Gasteiger charge is -2.15. The average molecular weight is 362 g/mol. The van der Waals surface area contributed by atoms with Crippen LogP contribution in [0.25, 0.3) is 0 Å². The number of rotatable bonds is 9. The highest BCUT2D eigenvalue weighted by Crippen LogP contribution is 1.95. The average Bonchev–Trinajstić information content (AvgIpc) is 2.13. The molecule has 2 nitrogen and oxygen atoms in total. The van der Waals surface area contributed by atoms with Crippen molar-refractivity contribution in [3.8, 4) is 0 Å². The van der Waals surface area contributed by atoms with E-state index in [4.69, 9.17) is 0 Å². The Bertz CT molecular complexity index is 110. The van der Waals surface area contributed by atoms with Crippen LogP contribution in [0.1, 0.15) is 53.4 Å². The molecule has 2 atom stereocenters. The highest BCUT2D eigenvalue weighted by molar-refractivity contribution is 8.93. The van der Waals surface area contributed by atoms with Crippen molar-refractivity contribution in [3.05, 3.63) is 0 Å². The molecular weight excluding hydrogens is 332 g/mol. The van der Waals surface area contributed by atoms with Gasteiger partial charge >= 0.3 is 0 Å². The quantitative estimate of drug-likeness (QED) is 0.612. The fourth-order valence-corrected chi connectivity index (χ4v) is 1.71. The van der Waals surface area contributed by atoms with Gasteiger partial charge in [-0.3, -0.25) is 0 Å². The highest BCUT2D eigenvalue weighted by atomic mass is 79.9. The van der Waals surface area contributed by atoms with Crippen molar-refractivity contribution in [3.63, 3.8) is 0 Å². The zero-order valence-corrected chi connectivity index (χ0v) is 14.6. The van der Waals surface area contributed by atoms with Crippen molar-refractivity contribution < 1.29 is 0 Å². The first-order chi connectivity index (χ1) is 6.70. The van der Waals surface area contributed by atoms with E-state index < -0.39 is 0 Å². The van der Waals surface area contributed by atoms with Crippen LogP contribution in [0.5, 0.6) is 0 Å². The molecular formula is C12H30Br2N2. The van der Waals surface area contributed by atoms with E-state index in [-0.39, 0.29) is 34.0 Å². The summed E-state index contributed by atoms with van der Waals surface area (Å²) in [6, 6.07) is 1.34. The van der Waals surface area contributed by atoms with Gasteiger partial charge in [-0.25, -0.2) is 0 Å². The minimum Gasteiger partial charge on any atom is -0.313 e. The molecule has 0 saturated heterocycles. The monoisotopic (exact) mass is 360 g/mol. The summed E-state index contributed by atoms with van der Waals surface area (Å²) >= 11 is 0. The van der Waals surface area contributed by atoms with Gasteiger partial charge in [-0.15, -0.1) is 34.0 Å². The Labute approximate surface area is 123 Å². The second kappa shape index (κ2) is 15.9. The molecule has 2 N–H and O–H groups in total. The molecule has 0 aromatic carbocycles. The summed E-state index contributed by atoms with van der Waals surface area (Å²) < 4.78 is 0. The summed E-state index contributed by atoms with van der Waals surface area (Å²) in [5.41, 5.74) is 0. The second-order valence-corrected chi connectivity index (χ2v) is 4.29. The maximum Gasteiger partial charge on any atom is 0.00793 e. The van der Waals surface area contributed by atoms with Crippen LogP contribution in [0.3, 0.4) is 0 Å². The molecule has 0 aliphatic rings. The van der Waals surface area contributed by atoms with E-state index in [1.807, 2.05) is 0 Å². The topological polar surface area (TPSA) is 24.1 Å². The molecule has 0 bridgehead atoms. The first kappa shape index (κ1) is 22.1. The fourth-order valence-electron chi connectivity index (χ4n) is 1.71. The largest absolute Gasteiger partial charge is 0.313 e. The first-order valence-corrected chi connectivity index (χ1v) is 6.17. The van der Waals surface area contributed by atoms with Gasteiger partial charge in [-0.1, -0.05) is 26.7 Å². The maximum absolute atomic E-state index is 3.52. The summed E-state index contributed by atoms with van der Waals surface area (Å²) in [6.45, 7) is 11.2. The molecule has 0 aromatic rings. The van der Waals surface area contributed by atoms with Gasteiger partial charge in [-0.05, 0) is 26.7 Å². The lowest BCUT2D eigenvalue weighted by atomic mass is 10.2. The molecule has 4 heteroatoms. The molecule has 0 radical (unpaired) electrons. The number of nitrogens with one attached hydrogen (secondary N) is 2. The molecule has 0 spiro atoms. The number of halogens is 2. The summed E-state index contributed by atoms with van der Waals surface area (Å²) in [5, 5.41) is 7.04. The molecule has 0 aromatic heterocycles. The Balaban J connectivity index is -0.000000845. The minimum atomic E-state index is 0. The fraction of sp³-hybridized carbons (Fsp3) is 1.00. The van der Waals surface area contributed by atoms with E-state index >= 15 is 0 Å². The molecule has 0 fully saturated rings. The third-order valence-corrected chi connectivity index (χ3v) is 2.55. The number of hydrogen-bond donors (Lipinski definition) is 2. The molecule has 16 heavy (non-hydrogen) atoms. The van der Waals surface area contributed by atoms with Crippen molar-refractivity contribution in [2.24, 2.45) is 0 Å². The maximum atomic E-state index is 3.52. The van der Waals surface area contributed by atoms with Gasteiger partial charge in [0.1, 0.15) is 0 Å². The van der Waals surface area contributed by atoms with Crippen molar-refractivity contribution >= 4 is 34.0 Å². The first-order valence-electron chi connectivity index (χ1n) is 6.17. The van der Waals surface area contributed by atoms with Crippen LogP contribution in [0.2, 0.25) is 0 Å². The van der Waals surface area contributed by atoms with E-state index in [1.54, 1.807) is 0 Å². The predicted octanol–water partition coefficient (Wildman–Crippen LogP) is 3.70. The van der Waals surface area contributed by atoms with Crippen LogP contribution in [-0.4, -0.2) is 25.2 Å². The van der Waals surface area contributed by atoms with E-state index in [9.17, 15) is 0 Å². The van der Waals surface area contributed by atoms with Gasteiger partial charge in [0, 0.05) is 25.2 Å². The molecule has 0 aliphatic heterocycles. The van der Waals surface area contributed by atoms with Crippen molar-refractivity contribution in [1.29, 1.82) is 0 Å². The van der Waals surface area contributed by atoms with Crippen LogP contribution in [-0.2, 0) is 0 Å². The third kappa shape index (κ3) is 14.9. The standard InChI is InChI=1S/C12H28N2.2BrH/c1-5-7-11(3)13-9-10-14-12(4)8-6-2;;/h11-14H,5-10H2,1-4H3;2*1H. The predicted molar refractivity (Wildman–Crippen MR) is 85.4 cm³/mol. The summed E-state index contributed by atoms with van der Waals surface area (Å²) in [4.78, 5) is 0. The summed E-state index contributed by atoms with van der Waals surface area (Å²) in [6.07, 6.45) is 5.11. The van der Waals surface area contributed by atoms with Crippen molar-refractivity contribution in [1.82, 2.24) is 10.6 Å². The van der Waals surface area contributed by atoms with Crippen molar-refractivity contribution in [2.75, 3.05) is 13.1 Å². The zero-order valence-electron chi connectivity index (χ0n) is 11.2. The van der Waals surface area contributed by atoms with Crippen LogP contribution in [0.15, 0.2) is 0 Å². The van der Waals surface area contributed by atoms with Crippen LogP contribution in [0, 0.1) is 0 Å². The second-order valence-electron chi connectivity index (χ2n) is 4.29. The minimum absolute atomic E-state index is 0. The van der Waals surface area contributed by atoms with Crippen LogP contribution in [0.4, 0.5) is 0 Å². The van der Waals surface area contributed by atoms with Gasteiger partial charge in [0.05, 0.1) is 0 Å². The molecule has 0 heterocycles. The lowest BCUT2D eigenvalue weighted by Crippen LogP contribution is -2.36. The molecule has 0 rings (SSSR count). The Morgan fingerprint density at radius 3 is 1.31 bits per heavy atom. The van der Waals surface area contributed by atoms with Gasteiger partial charge < -0.3 is 10.6 Å². The Hall–Kier alpha value is 0.880. The zero-order chi connectivity index (χ0) is 10.8. The van der Waals surface area contributed by atoms with Crippen LogP contribution >= 0.6 is 34.0 Å². The third-order valence-electron chi connectivity index (χ3n) is 2.55. The normalized spacial score (nSPS) is 13.5. The van der Waals surface area contributed by atoms with Crippen molar-refractivity contribution in [2.45, 2.75) is 65.5 Å². The molecule has 0 amide bonds. The Kier molecular flexibility index (Phi) is 21.9. The Morgan fingerprint density at radius 2 is 1.06 bits per heavy atom. The molecule has 0 saturated carbocycles. The SMILES string of the molecule is Br.Br.CCCC(C)NCCNC(C)CCC. The highest BCUT2D eigenvalue weighted by Gasteiger charge is 2.00. The van der Waals surface area contributed by atoms with E-state index in [0.717, 1.165) is 13.1 Å². The smallest absolute Gasteiger partial charge is 0.00793 e. The Morgan fingerprint density at radius 1 is 0.750 bits per heavy atom.